The number of ether oxygens (including phenoxy) is 1. The van der Waals surface area contributed by atoms with E-state index in [-0.39, 0.29) is 16.5 Å². The van der Waals surface area contributed by atoms with Crippen molar-refractivity contribution in [2.24, 2.45) is 0 Å². The zero-order valence-electron chi connectivity index (χ0n) is 10.5. The summed E-state index contributed by atoms with van der Waals surface area (Å²) >= 11 is 5.78. The summed E-state index contributed by atoms with van der Waals surface area (Å²) in [5, 5.41) is 0.377. The molecule has 0 bridgehead atoms. The molecule has 3 N–H and O–H groups in total. The number of nitrogens with two attached hydrogens (primary N) is 1. The van der Waals surface area contributed by atoms with E-state index in [1.165, 1.54) is 37.6 Å². The Kier molecular flexibility index (Phi) is 4.01. The Labute approximate surface area is 121 Å². The lowest BCUT2D eigenvalue weighted by Crippen LogP contribution is -2.15. The van der Waals surface area contributed by atoms with Crippen LogP contribution >= 0.6 is 11.6 Å². The molecular weight excluding hydrogens is 302 g/mol. The van der Waals surface area contributed by atoms with Crippen molar-refractivity contribution < 1.29 is 13.2 Å². The minimum Gasteiger partial charge on any atom is -0.495 e. The molecule has 0 saturated carbocycles. The van der Waals surface area contributed by atoms with Crippen molar-refractivity contribution >= 4 is 33.1 Å². The molecule has 106 valence electrons. The number of nitrogens with one attached hydrogen (secondary N) is 1. The van der Waals surface area contributed by atoms with Gasteiger partial charge in [-0.2, -0.15) is 0 Å². The third-order valence-corrected chi connectivity index (χ3v) is 4.07. The lowest BCUT2D eigenvalue weighted by Gasteiger charge is -2.11. The number of benzene rings is 1. The van der Waals surface area contributed by atoms with Crippen molar-refractivity contribution in [3.8, 4) is 5.75 Å². The van der Waals surface area contributed by atoms with E-state index in [9.17, 15) is 8.42 Å². The summed E-state index contributed by atoms with van der Waals surface area (Å²) in [7, 11) is -2.47. The second kappa shape index (κ2) is 5.56. The molecule has 0 atom stereocenters. The van der Waals surface area contributed by atoms with Crippen molar-refractivity contribution in [2.45, 2.75) is 4.90 Å². The van der Waals surface area contributed by atoms with E-state index in [0.717, 1.165) is 0 Å². The SMILES string of the molecule is COc1cc(N)ccc1S(=O)(=O)Nc1cc(Cl)ccn1. The van der Waals surface area contributed by atoms with Crippen LogP contribution in [0.3, 0.4) is 0 Å². The minimum absolute atomic E-state index is 0.0315. The quantitative estimate of drug-likeness (QED) is 0.843. The summed E-state index contributed by atoms with van der Waals surface area (Å²) in [5.74, 6) is 0.274. The monoisotopic (exact) mass is 313 g/mol. The maximum atomic E-state index is 12.3. The molecule has 8 heteroatoms. The highest BCUT2D eigenvalue weighted by atomic mass is 35.5. The van der Waals surface area contributed by atoms with Gasteiger partial charge in [-0.25, -0.2) is 13.4 Å². The fourth-order valence-corrected chi connectivity index (χ4v) is 2.87. The van der Waals surface area contributed by atoms with E-state index in [4.69, 9.17) is 22.1 Å². The number of rotatable bonds is 4. The van der Waals surface area contributed by atoms with Crippen LogP contribution in [0.4, 0.5) is 11.5 Å². The summed E-state index contributed by atoms with van der Waals surface area (Å²) in [6, 6.07) is 7.22. The summed E-state index contributed by atoms with van der Waals surface area (Å²) in [4.78, 5) is 3.85. The number of sulfonamides is 1. The summed E-state index contributed by atoms with van der Waals surface area (Å²) in [6.45, 7) is 0. The fourth-order valence-electron chi connectivity index (χ4n) is 1.56. The Balaban J connectivity index is 2.40. The van der Waals surface area contributed by atoms with E-state index in [0.29, 0.717) is 10.7 Å². The molecule has 2 rings (SSSR count). The second-order valence-corrected chi connectivity index (χ2v) is 5.96. The first-order valence-corrected chi connectivity index (χ1v) is 7.36. The van der Waals surface area contributed by atoms with Gasteiger partial charge in [0.15, 0.2) is 0 Å². The van der Waals surface area contributed by atoms with Crippen molar-refractivity contribution in [1.82, 2.24) is 4.98 Å². The number of methoxy groups -OCH3 is 1. The Morgan fingerprint density at radius 3 is 2.70 bits per heavy atom. The molecule has 0 aliphatic heterocycles. The maximum Gasteiger partial charge on any atom is 0.266 e. The first-order valence-electron chi connectivity index (χ1n) is 5.50. The third-order valence-electron chi connectivity index (χ3n) is 2.44. The van der Waals surface area contributed by atoms with E-state index in [2.05, 4.69) is 9.71 Å². The number of hydrogen-bond acceptors (Lipinski definition) is 5. The lowest BCUT2D eigenvalue weighted by molar-refractivity contribution is 0.403. The number of halogens is 1. The average Bonchev–Trinajstić information content (AvgIpc) is 2.37. The van der Waals surface area contributed by atoms with Gasteiger partial charge in [-0.3, -0.25) is 4.72 Å². The van der Waals surface area contributed by atoms with Crippen LogP contribution in [0, 0.1) is 0 Å². The molecule has 0 spiro atoms. The number of nitrogens with zero attached hydrogens (tertiary/aromatic N) is 1. The normalized spacial score (nSPS) is 11.1. The summed E-state index contributed by atoms with van der Waals surface area (Å²) in [6.07, 6.45) is 1.40. The Morgan fingerprint density at radius 1 is 1.30 bits per heavy atom. The van der Waals surface area contributed by atoms with Crippen LogP contribution in [0.1, 0.15) is 0 Å². The molecule has 0 saturated heterocycles. The predicted octanol–water partition coefficient (Wildman–Crippen LogP) is 2.13. The molecule has 1 aromatic heterocycles. The largest absolute Gasteiger partial charge is 0.495 e. The van der Waals surface area contributed by atoms with Gasteiger partial charge in [0.2, 0.25) is 0 Å². The Morgan fingerprint density at radius 2 is 2.05 bits per heavy atom. The fraction of sp³-hybridized carbons (Fsp3) is 0.0833. The standard InChI is InChI=1S/C12H12ClN3O3S/c1-19-10-7-9(14)2-3-11(10)20(17,18)16-12-6-8(13)4-5-15-12/h2-7H,14H2,1H3,(H,15,16). The number of nitrogen functional groups attached to an aromatic ring is 1. The van der Waals surface area contributed by atoms with Crippen LogP contribution in [0.5, 0.6) is 5.75 Å². The first kappa shape index (κ1) is 14.4. The van der Waals surface area contributed by atoms with Gasteiger partial charge in [0.1, 0.15) is 16.5 Å². The van der Waals surface area contributed by atoms with Gasteiger partial charge < -0.3 is 10.5 Å². The number of pyridine rings is 1. The highest BCUT2D eigenvalue weighted by molar-refractivity contribution is 7.92. The van der Waals surface area contributed by atoms with Gasteiger partial charge in [0, 0.05) is 29.0 Å². The maximum absolute atomic E-state index is 12.3. The molecule has 0 unspecified atom stereocenters. The summed E-state index contributed by atoms with van der Waals surface area (Å²) in [5.41, 5.74) is 6.00. The molecule has 0 aliphatic rings. The Bertz CT molecular complexity index is 734. The molecule has 0 amide bonds. The first-order chi connectivity index (χ1) is 9.42. The number of hydrogen-bond donors (Lipinski definition) is 2. The van der Waals surface area contributed by atoms with Crippen molar-refractivity contribution in [3.63, 3.8) is 0 Å². The molecule has 0 aliphatic carbocycles. The van der Waals surface area contributed by atoms with Gasteiger partial charge in [-0.15, -0.1) is 0 Å². The highest BCUT2D eigenvalue weighted by Gasteiger charge is 2.20. The number of anilines is 2. The van der Waals surface area contributed by atoms with E-state index >= 15 is 0 Å². The highest BCUT2D eigenvalue weighted by Crippen LogP contribution is 2.27. The van der Waals surface area contributed by atoms with Gasteiger partial charge in [-0.05, 0) is 18.2 Å². The predicted molar refractivity (Wildman–Crippen MR) is 77.5 cm³/mol. The average molecular weight is 314 g/mol. The van der Waals surface area contributed by atoms with E-state index in [1.54, 1.807) is 6.07 Å². The molecule has 0 radical (unpaired) electrons. The van der Waals surface area contributed by atoms with Crippen molar-refractivity contribution in [1.29, 1.82) is 0 Å². The third kappa shape index (κ3) is 3.12. The zero-order chi connectivity index (χ0) is 14.8. The van der Waals surface area contributed by atoms with Gasteiger partial charge >= 0.3 is 0 Å². The zero-order valence-corrected chi connectivity index (χ0v) is 12.1. The topological polar surface area (TPSA) is 94.3 Å². The molecule has 1 heterocycles. The minimum atomic E-state index is -3.84. The van der Waals surface area contributed by atoms with Crippen LogP contribution in [-0.2, 0) is 10.0 Å². The van der Waals surface area contributed by atoms with Crippen LogP contribution < -0.4 is 15.2 Å². The van der Waals surface area contributed by atoms with E-state index < -0.39 is 10.0 Å². The molecule has 0 fully saturated rings. The van der Waals surface area contributed by atoms with Gasteiger partial charge in [0.25, 0.3) is 10.0 Å². The molecule has 2 aromatic rings. The molecule has 1 aromatic carbocycles. The van der Waals surface area contributed by atoms with Crippen molar-refractivity contribution in [2.75, 3.05) is 17.6 Å². The van der Waals surface area contributed by atoms with Crippen LogP contribution in [0.25, 0.3) is 0 Å². The second-order valence-electron chi connectivity index (χ2n) is 3.88. The van der Waals surface area contributed by atoms with Crippen LogP contribution in [0.15, 0.2) is 41.4 Å². The Hall–Kier alpha value is -1.99. The molecular formula is C12H12ClN3O3S. The van der Waals surface area contributed by atoms with E-state index in [1.807, 2.05) is 0 Å². The van der Waals surface area contributed by atoms with Crippen LogP contribution in [0.2, 0.25) is 5.02 Å². The molecule has 6 nitrogen and oxygen atoms in total. The lowest BCUT2D eigenvalue weighted by atomic mass is 10.3. The van der Waals surface area contributed by atoms with Gasteiger partial charge in [-0.1, -0.05) is 11.6 Å². The number of aromatic nitrogens is 1. The smallest absolute Gasteiger partial charge is 0.266 e. The van der Waals surface area contributed by atoms with Crippen molar-refractivity contribution in [3.05, 3.63) is 41.6 Å². The van der Waals surface area contributed by atoms with Gasteiger partial charge in [0.05, 0.1) is 7.11 Å². The summed E-state index contributed by atoms with van der Waals surface area (Å²) < 4.78 is 31.9. The van der Waals surface area contributed by atoms with Crippen LogP contribution in [-0.4, -0.2) is 20.5 Å². The molecule has 20 heavy (non-hydrogen) atoms.